The Kier molecular flexibility index (Phi) is 7.73. The van der Waals surface area contributed by atoms with Crippen LogP contribution in [0.3, 0.4) is 0 Å². The quantitative estimate of drug-likeness (QED) is 0.583. The van der Waals surface area contributed by atoms with Crippen LogP contribution in [0.4, 0.5) is 4.79 Å². The molecule has 1 aromatic rings. The third-order valence-corrected chi connectivity index (χ3v) is 3.32. The highest BCUT2D eigenvalue weighted by Crippen LogP contribution is 2.34. The van der Waals surface area contributed by atoms with E-state index in [4.69, 9.17) is 38.0 Å². The number of hydrogen-bond acceptors (Lipinski definition) is 4. The van der Waals surface area contributed by atoms with Gasteiger partial charge in [-0.15, -0.1) is 6.42 Å². The van der Waals surface area contributed by atoms with Crippen molar-refractivity contribution in [2.45, 2.75) is 32.8 Å². The largest absolute Gasteiger partial charge is 0.489 e. The molecule has 0 fully saturated rings. The van der Waals surface area contributed by atoms with Crippen LogP contribution in [-0.4, -0.2) is 32.0 Å². The third-order valence-electron chi connectivity index (χ3n) is 3.01. The number of ether oxygens (including phenoxy) is 3. The van der Waals surface area contributed by atoms with Crippen LogP contribution >= 0.6 is 11.6 Å². The molecular weight excluding hydrogens is 318 g/mol. The van der Waals surface area contributed by atoms with Crippen LogP contribution in [0.1, 0.15) is 30.9 Å². The first-order chi connectivity index (χ1) is 10.8. The zero-order valence-electron chi connectivity index (χ0n) is 13.6. The average molecular weight is 340 g/mol. The molecule has 0 aliphatic rings. The van der Waals surface area contributed by atoms with Gasteiger partial charge in [-0.25, -0.2) is 4.79 Å². The third kappa shape index (κ3) is 6.39. The molecular formula is C17H22ClNO4. The number of benzene rings is 1. The molecule has 2 N–H and O–H groups in total. The fraction of sp³-hybridized carbons (Fsp3) is 0.471. The summed E-state index contributed by atoms with van der Waals surface area (Å²) < 4.78 is 16.0. The minimum atomic E-state index is -0.894. The van der Waals surface area contributed by atoms with Crippen LogP contribution in [0.2, 0.25) is 5.02 Å². The fourth-order valence-electron chi connectivity index (χ4n) is 2.11. The van der Waals surface area contributed by atoms with Crippen molar-refractivity contribution >= 4 is 17.7 Å². The Hall–Kier alpha value is -1.90. The smallest absolute Gasteiger partial charge is 0.404 e. The summed E-state index contributed by atoms with van der Waals surface area (Å²) in [4.78, 5) is 11.0. The Bertz CT molecular complexity index is 581. The van der Waals surface area contributed by atoms with Gasteiger partial charge in [-0.2, -0.15) is 0 Å². The van der Waals surface area contributed by atoms with E-state index < -0.39 is 12.2 Å². The summed E-state index contributed by atoms with van der Waals surface area (Å²) >= 11 is 6.30. The first-order valence-electron chi connectivity index (χ1n) is 7.25. The van der Waals surface area contributed by atoms with Crippen LogP contribution in [0.15, 0.2) is 12.1 Å². The molecule has 0 saturated heterocycles. The number of halogens is 1. The van der Waals surface area contributed by atoms with Gasteiger partial charge in [0.25, 0.3) is 0 Å². The van der Waals surface area contributed by atoms with Gasteiger partial charge in [-0.3, -0.25) is 0 Å². The minimum absolute atomic E-state index is 0.0903. The molecule has 0 spiro atoms. The lowest BCUT2D eigenvalue weighted by Crippen LogP contribution is -2.32. The van der Waals surface area contributed by atoms with Gasteiger partial charge in [0.15, 0.2) is 6.10 Å². The Morgan fingerprint density at radius 1 is 1.39 bits per heavy atom. The highest BCUT2D eigenvalue weighted by atomic mass is 35.5. The van der Waals surface area contributed by atoms with E-state index in [2.05, 4.69) is 5.92 Å². The summed E-state index contributed by atoms with van der Waals surface area (Å²) in [6.45, 7) is 6.28. The maximum atomic E-state index is 11.0. The summed E-state index contributed by atoms with van der Waals surface area (Å²) in [5.74, 6) is 3.18. The number of terminal acetylenes is 1. The van der Waals surface area contributed by atoms with Crippen molar-refractivity contribution in [2.75, 3.05) is 19.8 Å². The SMILES string of the molecule is C#CCOCC(COc1cc(C)cc(Cl)c1C(C)C)OC(N)=O. The highest BCUT2D eigenvalue weighted by molar-refractivity contribution is 6.31. The van der Waals surface area contributed by atoms with Gasteiger partial charge in [0.1, 0.15) is 19.0 Å². The number of hydrogen-bond donors (Lipinski definition) is 1. The number of nitrogens with two attached hydrogens (primary N) is 1. The highest BCUT2D eigenvalue weighted by Gasteiger charge is 2.18. The normalized spacial score (nSPS) is 11.8. The summed E-state index contributed by atoms with van der Waals surface area (Å²) in [5.41, 5.74) is 6.94. The molecule has 0 bridgehead atoms. The molecule has 0 aliphatic carbocycles. The second-order valence-electron chi connectivity index (χ2n) is 5.40. The molecule has 0 aliphatic heterocycles. The Labute approximate surface area is 142 Å². The topological polar surface area (TPSA) is 70.8 Å². The maximum Gasteiger partial charge on any atom is 0.404 e. The lowest BCUT2D eigenvalue weighted by molar-refractivity contribution is 0.00987. The molecule has 0 heterocycles. The zero-order chi connectivity index (χ0) is 17.4. The van der Waals surface area contributed by atoms with Crippen molar-refractivity contribution in [1.29, 1.82) is 0 Å². The second kappa shape index (κ2) is 9.29. The van der Waals surface area contributed by atoms with Gasteiger partial charge in [0.2, 0.25) is 0 Å². The van der Waals surface area contributed by atoms with Crippen LogP contribution in [-0.2, 0) is 9.47 Å². The van der Waals surface area contributed by atoms with Crippen LogP contribution < -0.4 is 10.5 Å². The first kappa shape index (κ1) is 19.1. The standard InChI is InChI=1S/C17H22ClNO4/c1-5-6-21-9-13(23-17(19)20)10-22-15-8-12(4)7-14(18)16(15)11(2)3/h1,7-8,11,13H,6,9-10H2,2-4H3,(H2,19,20). The van der Waals surface area contributed by atoms with E-state index in [0.29, 0.717) is 10.8 Å². The number of primary amides is 1. The summed E-state index contributed by atoms with van der Waals surface area (Å²) in [7, 11) is 0. The number of carbonyl (C=O) groups excluding carboxylic acids is 1. The number of carbonyl (C=O) groups is 1. The minimum Gasteiger partial charge on any atom is -0.489 e. The molecule has 1 unspecified atom stereocenters. The van der Waals surface area contributed by atoms with E-state index in [9.17, 15) is 4.79 Å². The van der Waals surface area contributed by atoms with E-state index >= 15 is 0 Å². The van der Waals surface area contributed by atoms with Crippen molar-refractivity contribution < 1.29 is 19.0 Å². The molecule has 1 atom stereocenters. The van der Waals surface area contributed by atoms with Gasteiger partial charge < -0.3 is 19.9 Å². The Morgan fingerprint density at radius 3 is 2.65 bits per heavy atom. The molecule has 0 saturated carbocycles. The molecule has 0 radical (unpaired) electrons. The molecule has 0 aromatic heterocycles. The van der Waals surface area contributed by atoms with Crippen molar-refractivity contribution in [3.05, 3.63) is 28.3 Å². The number of rotatable bonds is 8. The predicted molar refractivity (Wildman–Crippen MR) is 89.9 cm³/mol. The predicted octanol–water partition coefficient (Wildman–Crippen LogP) is 3.26. The molecule has 1 aromatic carbocycles. The van der Waals surface area contributed by atoms with E-state index in [1.54, 1.807) is 0 Å². The van der Waals surface area contributed by atoms with Crippen molar-refractivity contribution in [1.82, 2.24) is 0 Å². The monoisotopic (exact) mass is 339 g/mol. The lowest BCUT2D eigenvalue weighted by atomic mass is 10.0. The van der Waals surface area contributed by atoms with E-state index in [1.165, 1.54) is 0 Å². The van der Waals surface area contributed by atoms with Gasteiger partial charge in [0, 0.05) is 10.6 Å². The summed E-state index contributed by atoms with van der Waals surface area (Å²) in [6.07, 6.45) is 3.57. The van der Waals surface area contributed by atoms with Crippen molar-refractivity contribution in [2.24, 2.45) is 5.73 Å². The molecule has 1 amide bonds. The van der Waals surface area contributed by atoms with E-state index in [0.717, 1.165) is 11.1 Å². The van der Waals surface area contributed by atoms with Crippen molar-refractivity contribution in [3.8, 4) is 18.1 Å². The molecule has 1 rings (SSSR count). The average Bonchev–Trinajstić information content (AvgIpc) is 2.43. The van der Waals surface area contributed by atoms with Gasteiger partial charge in [-0.05, 0) is 30.5 Å². The van der Waals surface area contributed by atoms with Crippen LogP contribution in [0, 0.1) is 19.3 Å². The summed E-state index contributed by atoms with van der Waals surface area (Å²) in [5, 5.41) is 0.644. The number of aryl methyl sites for hydroxylation is 1. The lowest BCUT2D eigenvalue weighted by Gasteiger charge is -2.20. The molecule has 6 heteroatoms. The fourth-order valence-corrected chi connectivity index (χ4v) is 2.60. The van der Waals surface area contributed by atoms with Gasteiger partial charge >= 0.3 is 6.09 Å². The van der Waals surface area contributed by atoms with Crippen LogP contribution in [0.5, 0.6) is 5.75 Å². The van der Waals surface area contributed by atoms with Gasteiger partial charge in [0.05, 0.1) is 6.61 Å². The zero-order valence-corrected chi connectivity index (χ0v) is 14.4. The Balaban J connectivity index is 2.83. The molecule has 23 heavy (non-hydrogen) atoms. The van der Waals surface area contributed by atoms with Crippen molar-refractivity contribution in [3.63, 3.8) is 0 Å². The maximum absolute atomic E-state index is 11.0. The molecule has 126 valence electrons. The van der Waals surface area contributed by atoms with Gasteiger partial charge in [-0.1, -0.05) is 31.4 Å². The Morgan fingerprint density at radius 2 is 2.09 bits per heavy atom. The molecule has 5 nitrogen and oxygen atoms in total. The van der Waals surface area contributed by atoms with E-state index in [-0.39, 0.29) is 25.7 Å². The second-order valence-corrected chi connectivity index (χ2v) is 5.81. The first-order valence-corrected chi connectivity index (χ1v) is 7.63. The number of amides is 1. The summed E-state index contributed by atoms with van der Waals surface area (Å²) in [6, 6.07) is 3.78. The van der Waals surface area contributed by atoms with Crippen LogP contribution in [0.25, 0.3) is 0 Å². The van der Waals surface area contributed by atoms with E-state index in [1.807, 2.05) is 32.9 Å².